The fourth-order valence-corrected chi connectivity index (χ4v) is 4.95. The van der Waals surface area contributed by atoms with Crippen LogP contribution in [0.1, 0.15) is 0 Å². The Bertz CT molecular complexity index is 1110. The third-order valence-electron chi connectivity index (χ3n) is 5.17. The third-order valence-corrected chi connectivity index (χ3v) is 7.08. The Morgan fingerprint density at radius 1 is 0.828 bits per heavy atom. The van der Waals surface area contributed by atoms with Gasteiger partial charge in [0.1, 0.15) is 0 Å². The highest BCUT2D eigenvalue weighted by atomic mass is 32.2. The van der Waals surface area contributed by atoms with Gasteiger partial charge >= 0.3 is 0 Å². The number of hydrogen-bond acceptors (Lipinski definition) is 4. The molecule has 0 aliphatic carbocycles. The monoisotopic (exact) mass is 409 g/mol. The second-order valence-corrected chi connectivity index (χ2v) is 8.95. The van der Waals surface area contributed by atoms with Gasteiger partial charge in [0.05, 0.1) is 11.4 Å². The lowest BCUT2D eigenvalue weighted by Gasteiger charge is -2.34. The molecule has 1 aliphatic rings. The van der Waals surface area contributed by atoms with Crippen LogP contribution in [0, 0.1) is 0 Å². The molecule has 1 amide bonds. The van der Waals surface area contributed by atoms with E-state index in [2.05, 4.69) is 5.32 Å². The van der Waals surface area contributed by atoms with Crippen molar-refractivity contribution < 1.29 is 13.2 Å². The Morgan fingerprint density at radius 3 is 2.21 bits per heavy atom. The first kappa shape index (κ1) is 19.4. The van der Waals surface area contributed by atoms with Crippen molar-refractivity contribution in [3.63, 3.8) is 0 Å². The van der Waals surface area contributed by atoms with Crippen molar-refractivity contribution >= 4 is 32.4 Å². The molecule has 1 N–H and O–H groups in total. The number of nitrogens with zero attached hydrogens (tertiary/aromatic N) is 2. The van der Waals surface area contributed by atoms with Crippen molar-refractivity contribution in [1.82, 2.24) is 9.21 Å². The van der Waals surface area contributed by atoms with Crippen LogP contribution in [0.25, 0.3) is 10.8 Å². The predicted molar refractivity (Wildman–Crippen MR) is 114 cm³/mol. The number of carbonyl (C=O) groups is 1. The summed E-state index contributed by atoms with van der Waals surface area (Å²) >= 11 is 0. The number of piperazine rings is 1. The maximum absolute atomic E-state index is 12.7. The minimum absolute atomic E-state index is 0.0325. The van der Waals surface area contributed by atoms with Crippen LogP contribution in [0.3, 0.4) is 0 Å². The molecule has 0 atom stereocenters. The van der Waals surface area contributed by atoms with Crippen LogP contribution >= 0.6 is 0 Å². The van der Waals surface area contributed by atoms with Gasteiger partial charge < -0.3 is 10.2 Å². The van der Waals surface area contributed by atoms with E-state index in [1.54, 1.807) is 35.2 Å². The normalized spacial score (nSPS) is 15.4. The molecule has 1 heterocycles. The highest BCUT2D eigenvalue weighted by Gasteiger charge is 2.29. The van der Waals surface area contributed by atoms with Crippen LogP contribution in [0.2, 0.25) is 0 Å². The van der Waals surface area contributed by atoms with Crippen LogP contribution in [0.4, 0.5) is 5.69 Å². The van der Waals surface area contributed by atoms with Gasteiger partial charge in [0, 0.05) is 31.9 Å². The van der Waals surface area contributed by atoms with Crippen LogP contribution in [-0.2, 0) is 14.8 Å². The van der Waals surface area contributed by atoms with E-state index in [4.69, 9.17) is 0 Å². The van der Waals surface area contributed by atoms with Crippen molar-refractivity contribution in [2.75, 3.05) is 38.0 Å². The number of hydrogen-bond donors (Lipinski definition) is 1. The van der Waals surface area contributed by atoms with Gasteiger partial charge in [-0.15, -0.1) is 0 Å². The molecule has 1 fully saturated rings. The first-order chi connectivity index (χ1) is 14.0. The Balaban J connectivity index is 1.33. The van der Waals surface area contributed by atoms with Gasteiger partial charge in [0.25, 0.3) is 0 Å². The topological polar surface area (TPSA) is 69.7 Å². The molecule has 29 heavy (non-hydrogen) atoms. The smallest absolute Gasteiger partial charge is 0.243 e. The lowest BCUT2D eigenvalue weighted by Crippen LogP contribution is -2.51. The highest BCUT2D eigenvalue weighted by Crippen LogP contribution is 2.19. The first-order valence-corrected chi connectivity index (χ1v) is 11.0. The second-order valence-electron chi connectivity index (χ2n) is 7.01. The highest BCUT2D eigenvalue weighted by molar-refractivity contribution is 7.89. The molecule has 1 saturated heterocycles. The first-order valence-electron chi connectivity index (χ1n) is 9.60. The number of benzene rings is 3. The van der Waals surface area contributed by atoms with Gasteiger partial charge in [-0.05, 0) is 35.0 Å². The van der Waals surface area contributed by atoms with E-state index < -0.39 is 10.0 Å². The lowest BCUT2D eigenvalue weighted by atomic mass is 10.1. The summed E-state index contributed by atoms with van der Waals surface area (Å²) in [5, 5.41) is 5.45. The van der Waals surface area contributed by atoms with Gasteiger partial charge in [-0.25, -0.2) is 8.42 Å². The Labute approximate surface area is 170 Å². The second kappa shape index (κ2) is 8.23. The molecular formula is C22H23N3O3S. The average molecular weight is 410 g/mol. The van der Waals surface area contributed by atoms with Crippen molar-refractivity contribution in [1.29, 1.82) is 0 Å². The summed E-state index contributed by atoms with van der Waals surface area (Å²) in [4.78, 5) is 14.6. The van der Waals surface area contributed by atoms with Crippen LogP contribution in [-0.4, -0.2) is 56.3 Å². The van der Waals surface area contributed by atoms with Gasteiger partial charge in [-0.3, -0.25) is 4.79 Å². The van der Waals surface area contributed by atoms with Crippen LogP contribution in [0.15, 0.2) is 77.7 Å². The molecular weight excluding hydrogens is 386 g/mol. The van der Waals surface area contributed by atoms with E-state index in [1.165, 1.54) is 4.31 Å². The Hall–Kier alpha value is -2.90. The van der Waals surface area contributed by atoms with Crippen molar-refractivity contribution in [2.24, 2.45) is 0 Å². The maximum atomic E-state index is 12.7. The van der Waals surface area contributed by atoms with E-state index >= 15 is 0 Å². The summed E-state index contributed by atoms with van der Waals surface area (Å²) in [6, 6.07) is 22.5. The molecule has 3 aromatic carbocycles. The van der Waals surface area contributed by atoms with Gasteiger partial charge in [-0.2, -0.15) is 4.31 Å². The third kappa shape index (κ3) is 4.26. The standard InChI is InChI=1S/C22H23N3O3S/c26-22(17-23-20-11-10-18-6-4-5-7-19(18)16-20)24-12-14-25(15-13-24)29(27,28)21-8-2-1-3-9-21/h1-11,16,23H,12-15,17H2. The quantitative estimate of drug-likeness (QED) is 0.704. The van der Waals surface area contributed by atoms with Gasteiger partial charge in [-0.1, -0.05) is 48.5 Å². The zero-order chi connectivity index (χ0) is 20.3. The zero-order valence-corrected chi connectivity index (χ0v) is 16.8. The number of nitrogens with one attached hydrogen (secondary N) is 1. The summed E-state index contributed by atoms with van der Waals surface area (Å²) in [7, 11) is -3.51. The minimum Gasteiger partial charge on any atom is -0.376 e. The number of amides is 1. The fraction of sp³-hybridized carbons (Fsp3) is 0.227. The molecule has 0 bridgehead atoms. The van der Waals surface area contributed by atoms with Crippen LogP contribution in [0.5, 0.6) is 0 Å². The zero-order valence-electron chi connectivity index (χ0n) is 16.0. The predicted octanol–water partition coefficient (Wildman–Crippen LogP) is 2.78. The molecule has 150 valence electrons. The summed E-state index contributed by atoms with van der Waals surface area (Å²) in [6.45, 7) is 1.58. The largest absolute Gasteiger partial charge is 0.376 e. The van der Waals surface area contributed by atoms with Crippen molar-refractivity contribution in [2.45, 2.75) is 4.90 Å². The molecule has 6 nitrogen and oxygen atoms in total. The minimum atomic E-state index is -3.51. The molecule has 0 saturated carbocycles. The number of fused-ring (bicyclic) bond motifs is 1. The Kier molecular flexibility index (Phi) is 5.51. The number of carbonyl (C=O) groups excluding carboxylic acids is 1. The van der Waals surface area contributed by atoms with E-state index in [-0.39, 0.29) is 17.3 Å². The Morgan fingerprint density at radius 2 is 1.48 bits per heavy atom. The molecule has 3 aromatic rings. The van der Waals surface area contributed by atoms with Crippen molar-refractivity contribution in [3.8, 4) is 0 Å². The summed E-state index contributed by atoms with van der Waals surface area (Å²) in [6.07, 6.45) is 0. The molecule has 0 spiro atoms. The maximum Gasteiger partial charge on any atom is 0.243 e. The van der Waals surface area contributed by atoms with Gasteiger partial charge in [0.2, 0.25) is 15.9 Å². The summed E-state index contributed by atoms with van der Waals surface area (Å²) in [5.41, 5.74) is 0.891. The molecule has 1 aliphatic heterocycles. The van der Waals surface area contributed by atoms with Crippen LogP contribution < -0.4 is 5.32 Å². The SMILES string of the molecule is O=C(CNc1ccc2ccccc2c1)N1CCN(S(=O)(=O)c2ccccc2)CC1. The number of rotatable bonds is 5. The van der Waals surface area contributed by atoms with Crippen molar-refractivity contribution in [3.05, 3.63) is 72.8 Å². The van der Waals surface area contributed by atoms with E-state index in [9.17, 15) is 13.2 Å². The number of sulfonamides is 1. The molecule has 7 heteroatoms. The lowest BCUT2D eigenvalue weighted by molar-refractivity contribution is -0.130. The fourth-order valence-electron chi connectivity index (χ4n) is 3.51. The van der Waals surface area contributed by atoms with Gasteiger partial charge in [0.15, 0.2) is 0 Å². The number of anilines is 1. The molecule has 4 rings (SSSR count). The van der Waals surface area contributed by atoms with E-state index in [0.717, 1.165) is 16.5 Å². The molecule has 0 radical (unpaired) electrons. The van der Waals surface area contributed by atoms with E-state index in [1.807, 2.05) is 42.5 Å². The summed E-state index contributed by atoms with van der Waals surface area (Å²) < 4.78 is 26.8. The summed E-state index contributed by atoms with van der Waals surface area (Å²) in [5.74, 6) is -0.0325. The molecule has 0 aromatic heterocycles. The molecule has 0 unspecified atom stereocenters. The average Bonchev–Trinajstić information content (AvgIpc) is 2.78. The van der Waals surface area contributed by atoms with E-state index in [0.29, 0.717) is 26.2 Å².